The summed E-state index contributed by atoms with van der Waals surface area (Å²) in [4.78, 5) is 27.8. The van der Waals surface area contributed by atoms with Crippen molar-refractivity contribution in [2.75, 3.05) is 11.9 Å². The zero-order chi connectivity index (χ0) is 24.9. The van der Waals surface area contributed by atoms with Crippen molar-refractivity contribution in [2.24, 2.45) is 5.92 Å². The Bertz CT molecular complexity index is 1200. The summed E-state index contributed by atoms with van der Waals surface area (Å²) in [7, 11) is 0. The lowest BCUT2D eigenvalue weighted by Crippen LogP contribution is -2.42. The molecule has 3 aromatic rings. The van der Waals surface area contributed by atoms with Crippen molar-refractivity contribution in [3.05, 3.63) is 95.3 Å². The topological polar surface area (TPSA) is 58.6 Å². The largest absolute Gasteiger partial charge is 0.481 e. The molecule has 1 aliphatic heterocycles. The van der Waals surface area contributed by atoms with Gasteiger partial charge in [-0.25, -0.2) is 4.39 Å². The van der Waals surface area contributed by atoms with Gasteiger partial charge in [-0.3, -0.25) is 9.59 Å². The molecule has 0 radical (unpaired) electrons. The van der Waals surface area contributed by atoms with E-state index in [1.807, 2.05) is 80.3 Å². The highest BCUT2D eigenvalue weighted by atomic mass is 19.1. The van der Waals surface area contributed by atoms with Crippen LogP contribution >= 0.6 is 0 Å². The zero-order valence-corrected chi connectivity index (χ0v) is 20.3. The predicted octanol–water partition coefficient (Wildman–Crippen LogP) is 5.75. The first-order valence-corrected chi connectivity index (χ1v) is 12.1. The summed E-state index contributed by atoms with van der Waals surface area (Å²) in [6, 6.07) is 21.0. The van der Waals surface area contributed by atoms with Crippen LogP contribution in [0.15, 0.2) is 72.8 Å². The summed E-state index contributed by atoms with van der Waals surface area (Å²) >= 11 is 0. The predicted molar refractivity (Wildman–Crippen MR) is 135 cm³/mol. The average Bonchev–Trinajstić information content (AvgIpc) is 2.86. The van der Waals surface area contributed by atoms with Crippen LogP contribution in [0.25, 0.3) is 0 Å². The summed E-state index contributed by atoms with van der Waals surface area (Å²) in [5.74, 6) is -0.195. The van der Waals surface area contributed by atoms with E-state index in [4.69, 9.17) is 4.74 Å². The number of carbonyl (C=O) groups is 2. The molecule has 6 heteroatoms. The van der Waals surface area contributed by atoms with E-state index in [1.54, 1.807) is 6.07 Å². The average molecular weight is 475 g/mol. The summed E-state index contributed by atoms with van der Waals surface area (Å²) in [6.45, 7) is 6.20. The molecule has 0 aromatic heterocycles. The molecule has 2 atom stereocenters. The number of halogens is 1. The summed E-state index contributed by atoms with van der Waals surface area (Å²) in [6.07, 6.45) is 0.505. The van der Waals surface area contributed by atoms with Gasteiger partial charge in [-0.05, 0) is 65.9 Å². The quantitative estimate of drug-likeness (QED) is 0.474. The number of rotatable bonds is 7. The number of para-hydroxylation sites is 1. The molecule has 2 amide bonds. The minimum atomic E-state index is -0.683. The standard InChI is InChI=1S/C29H31FN2O3/c1-4-26(28(33)31-23-11-6-5-7-12-23)35-24-14-13-20-15-16-32(29(34)19(2)3)27(25(20)18-24)21-9-8-10-22(30)17-21/h5-14,17-19,26-27H,4,15-16H2,1-3H3,(H,31,33)/t26-,27+/m0/s1. The van der Waals surface area contributed by atoms with Crippen molar-refractivity contribution in [3.8, 4) is 5.75 Å². The zero-order valence-electron chi connectivity index (χ0n) is 20.3. The Morgan fingerprint density at radius 1 is 1.06 bits per heavy atom. The number of hydrogen-bond acceptors (Lipinski definition) is 3. The van der Waals surface area contributed by atoms with E-state index in [2.05, 4.69) is 5.32 Å². The molecule has 1 heterocycles. The van der Waals surface area contributed by atoms with Gasteiger partial charge >= 0.3 is 0 Å². The molecule has 0 unspecified atom stereocenters. The van der Waals surface area contributed by atoms with Gasteiger partial charge in [0.25, 0.3) is 5.91 Å². The van der Waals surface area contributed by atoms with Crippen molar-refractivity contribution >= 4 is 17.5 Å². The van der Waals surface area contributed by atoms with E-state index >= 15 is 0 Å². The Hall–Kier alpha value is -3.67. The molecule has 4 rings (SSSR count). The molecule has 5 nitrogen and oxygen atoms in total. The lowest BCUT2D eigenvalue weighted by molar-refractivity contribution is -0.136. The number of ether oxygens (including phenoxy) is 1. The number of carbonyl (C=O) groups excluding carboxylic acids is 2. The van der Waals surface area contributed by atoms with E-state index in [0.29, 0.717) is 36.4 Å². The van der Waals surface area contributed by atoms with Crippen LogP contribution in [0.1, 0.15) is 49.9 Å². The second-order valence-electron chi connectivity index (χ2n) is 9.12. The van der Waals surface area contributed by atoms with E-state index in [1.165, 1.54) is 12.1 Å². The van der Waals surface area contributed by atoms with Gasteiger partial charge in [-0.15, -0.1) is 0 Å². The number of hydrogen-bond donors (Lipinski definition) is 1. The second kappa shape index (κ2) is 10.7. The number of anilines is 1. The van der Waals surface area contributed by atoms with Gasteiger partial charge in [0.2, 0.25) is 5.91 Å². The summed E-state index contributed by atoms with van der Waals surface area (Å²) < 4.78 is 20.3. The fraction of sp³-hybridized carbons (Fsp3) is 0.310. The third-order valence-electron chi connectivity index (χ3n) is 6.27. The smallest absolute Gasteiger partial charge is 0.265 e. The second-order valence-corrected chi connectivity index (χ2v) is 9.12. The van der Waals surface area contributed by atoms with Crippen molar-refractivity contribution in [1.82, 2.24) is 4.90 Å². The van der Waals surface area contributed by atoms with Gasteiger partial charge in [0.1, 0.15) is 11.6 Å². The Morgan fingerprint density at radius 3 is 2.51 bits per heavy atom. The fourth-order valence-electron chi connectivity index (χ4n) is 4.50. The van der Waals surface area contributed by atoms with E-state index in [0.717, 1.165) is 11.1 Å². The van der Waals surface area contributed by atoms with Gasteiger partial charge in [-0.1, -0.05) is 57.2 Å². The van der Waals surface area contributed by atoms with E-state index in [-0.39, 0.29) is 23.5 Å². The maximum Gasteiger partial charge on any atom is 0.265 e. The molecule has 0 bridgehead atoms. The highest BCUT2D eigenvalue weighted by Crippen LogP contribution is 2.38. The van der Waals surface area contributed by atoms with Crippen LogP contribution in [0, 0.1) is 11.7 Å². The molecule has 0 aliphatic carbocycles. The van der Waals surface area contributed by atoms with E-state index < -0.39 is 12.1 Å². The van der Waals surface area contributed by atoms with Gasteiger partial charge in [-0.2, -0.15) is 0 Å². The van der Waals surface area contributed by atoms with Crippen molar-refractivity contribution < 1.29 is 18.7 Å². The Balaban J connectivity index is 1.65. The van der Waals surface area contributed by atoms with Crippen LogP contribution < -0.4 is 10.1 Å². The highest BCUT2D eigenvalue weighted by Gasteiger charge is 2.34. The normalized spacial score (nSPS) is 15.9. The van der Waals surface area contributed by atoms with Crippen LogP contribution in [-0.4, -0.2) is 29.4 Å². The van der Waals surface area contributed by atoms with E-state index in [9.17, 15) is 14.0 Å². The number of fused-ring (bicyclic) bond motifs is 1. The van der Waals surface area contributed by atoms with Crippen LogP contribution in [0.5, 0.6) is 5.75 Å². The first kappa shape index (κ1) is 24.5. The lowest BCUT2D eigenvalue weighted by Gasteiger charge is -2.39. The minimum absolute atomic E-state index is 0.0184. The van der Waals surface area contributed by atoms with Crippen molar-refractivity contribution in [2.45, 2.75) is 45.8 Å². The lowest BCUT2D eigenvalue weighted by atomic mass is 9.87. The Kier molecular flexibility index (Phi) is 7.49. The Labute approximate surface area is 205 Å². The maximum absolute atomic E-state index is 14.2. The number of benzene rings is 3. The SMILES string of the molecule is CC[C@H](Oc1ccc2c(c1)[C@@H](c1cccc(F)c1)N(C(=O)C(C)C)CC2)C(=O)Nc1ccccc1. The summed E-state index contributed by atoms with van der Waals surface area (Å²) in [5, 5.41) is 2.89. The first-order chi connectivity index (χ1) is 16.9. The Morgan fingerprint density at radius 2 is 1.83 bits per heavy atom. The first-order valence-electron chi connectivity index (χ1n) is 12.1. The molecular formula is C29H31FN2O3. The molecule has 3 aromatic carbocycles. The van der Waals surface area contributed by atoms with Crippen LogP contribution in [0.3, 0.4) is 0 Å². The third-order valence-corrected chi connectivity index (χ3v) is 6.27. The minimum Gasteiger partial charge on any atom is -0.481 e. The van der Waals surface area contributed by atoms with Crippen molar-refractivity contribution in [1.29, 1.82) is 0 Å². The van der Waals surface area contributed by atoms with Crippen LogP contribution in [0.2, 0.25) is 0 Å². The van der Waals surface area contributed by atoms with Gasteiger partial charge in [0.15, 0.2) is 6.10 Å². The van der Waals surface area contributed by atoms with Gasteiger partial charge in [0.05, 0.1) is 6.04 Å². The summed E-state index contributed by atoms with van der Waals surface area (Å²) in [5.41, 5.74) is 3.40. The van der Waals surface area contributed by atoms with Gasteiger partial charge < -0.3 is 15.0 Å². The molecule has 35 heavy (non-hydrogen) atoms. The maximum atomic E-state index is 14.2. The molecule has 0 spiro atoms. The van der Waals surface area contributed by atoms with Crippen LogP contribution in [-0.2, 0) is 16.0 Å². The van der Waals surface area contributed by atoms with Crippen molar-refractivity contribution in [3.63, 3.8) is 0 Å². The molecule has 0 saturated carbocycles. The molecule has 1 N–H and O–H groups in total. The fourth-order valence-corrected chi connectivity index (χ4v) is 4.50. The number of nitrogens with zero attached hydrogens (tertiary/aromatic N) is 1. The monoisotopic (exact) mass is 474 g/mol. The molecule has 182 valence electrons. The third kappa shape index (κ3) is 5.53. The molecule has 0 fully saturated rings. The number of nitrogens with one attached hydrogen (secondary N) is 1. The molecular weight excluding hydrogens is 443 g/mol. The van der Waals surface area contributed by atoms with Gasteiger partial charge in [0, 0.05) is 18.2 Å². The number of amides is 2. The highest BCUT2D eigenvalue weighted by molar-refractivity contribution is 5.94. The molecule has 1 aliphatic rings. The molecule has 0 saturated heterocycles. The van der Waals surface area contributed by atoms with Crippen LogP contribution in [0.4, 0.5) is 10.1 Å².